The number of carbonyl (C=O) groups is 1. The molecular weight excluding hydrogens is 226 g/mol. The molecule has 0 heterocycles. The van der Waals surface area contributed by atoms with Gasteiger partial charge in [-0.3, -0.25) is 4.79 Å². The molecule has 0 aliphatic heterocycles. The number of benzene rings is 1. The van der Waals surface area contributed by atoms with Gasteiger partial charge in [0.05, 0.1) is 12.7 Å². The lowest BCUT2D eigenvalue weighted by molar-refractivity contribution is 0.0943. The molecule has 0 atom stereocenters. The van der Waals surface area contributed by atoms with Crippen molar-refractivity contribution in [2.45, 2.75) is 33.6 Å². The highest BCUT2D eigenvalue weighted by Gasteiger charge is 2.13. The van der Waals surface area contributed by atoms with Crippen LogP contribution in [0.2, 0.25) is 0 Å². The third kappa shape index (κ3) is 3.76. The fourth-order valence-electron chi connectivity index (χ4n) is 1.91. The Hall–Kier alpha value is -1.51. The first-order chi connectivity index (χ1) is 8.62. The van der Waals surface area contributed by atoms with Gasteiger partial charge in [-0.05, 0) is 25.0 Å². The van der Waals surface area contributed by atoms with Crippen molar-refractivity contribution in [3.05, 3.63) is 29.3 Å². The summed E-state index contributed by atoms with van der Waals surface area (Å²) in [7, 11) is 1.59. The van der Waals surface area contributed by atoms with Crippen molar-refractivity contribution < 1.29 is 9.53 Å². The summed E-state index contributed by atoms with van der Waals surface area (Å²) in [6.07, 6.45) is 2.17. The molecule has 1 N–H and O–H groups in total. The first-order valence-corrected chi connectivity index (χ1v) is 6.55. The van der Waals surface area contributed by atoms with E-state index in [0.717, 1.165) is 24.9 Å². The van der Waals surface area contributed by atoms with Crippen molar-refractivity contribution in [3.63, 3.8) is 0 Å². The maximum atomic E-state index is 12.1. The number of nitrogens with one attached hydrogen (secondary N) is 1. The zero-order valence-electron chi connectivity index (χ0n) is 11.7. The summed E-state index contributed by atoms with van der Waals surface area (Å²) in [6, 6.07) is 5.64. The van der Waals surface area contributed by atoms with E-state index < -0.39 is 0 Å². The lowest BCUT2D eigenvalue weighted by Gasteiger charge is -2.14. The minimum absolute atomic E-state index is 0.0533. The summed E-state index contributed by atoms with van der Waals surface area (Å²) < 4.78 is 5.22. The highest BCUT2D eigenvalue weighted by molar-refractivity contribution is 5.97. The van der Waals surface area contributed by atoms with Gasteiger partial charge in [0.2, 0.25) is 0 Å². The summed E-state index contributed by atoms with van der Waals surface area (Å²) in [5.74, 6) is 1.12. The number of ether oxygens (including phenoxy) is 1. The average Bonchev–Trinajstić information content (AvgIpc) is 2.39. The first-order valence-electron chi connectivity index (χ1n) is 6.55. The predicted molar refractivity (Wildman–Crippen MR) is 74.1 cm³/mol. The quantitative estimate of drug-likeness (QED) is 0.841. The lowest BCUT2D eigenvalue weighted by Crippen LogP contribution is -2.29. The monoisotopic (exact) mass is 249 g/mol. The summed E-state index contributed by atoms with van der Waals surface area (Å²) >= 11 is 0. The van der Waals surface area contributed by atoms with E-state index in [1.165, 1.54) is 0 Å². The molecule has 0 saturated heterocycles. The van der Waals surface area contributed by atoms with Crippen molar-refractivity contribution in [2.24, 2.45) is 5.92 Å². The van der Waals surface area contributed by atoms with Gasteiger partial charge in [-0.25, -0.2) is 0 Å². The molecule has 0 unspecified atom stereocenters. The van der Waals surface area contributed by atoms with Crippen LogP contribution in [0.4, 0.5) is 0 Å². The second kappa shape index (κ2) is 7.04. The molecule has 0 saturated carbocycles. The SMILES string of the molecule is CCC(CC)CNC(=O)c1cc(C)ccc1OC. The number of amides is 1. The van der Waals surface area contributed by atoms with Crippen LogP contribution in [-0.2, 0) is 0 Å². The summed E-state index contributed by atoms with van der Waals surface area (Å²) in [5, 5.41) is 2.98. The van der Waals surface area contributed by atoms with Crippen LogP contribution in [0.25, 0.3) is 0 Å². The molecule has 0 radical (unpaired) electrons. The highest BCUT2D eigenvalue weighted by Crippen LogP contribution is 2.19. The Bertz CT molecular complexity index is 397. The van der Waals surface area contributed by atoms with Gasteiger partial charge in [0, 0.05) is 6.54 Å². The normalized spacial score (nSPS) is 10.5. The number of hydrogen-bond acceptors (Lipinski definition) is 2. The predicted octanol–water partition coefficient (Wildman–Crippen LogP) is 3.17. The van der Waals surface area contributed by atoms with Crippen LogP contribution in [0.3, 0.4) is 0 Å². The molecule has 1 amide bonds. The van der Waals surface area contributed by atoms with Crippen molar-refractivity contribution in [1.82, 2.24) is 5.32 Å². The van der Waals surface area contributed by atoms with Gasteiger partial charge in [0.25, 0.3) is 5.91 Å². The Morgan fingerprint density at radius 1 is 1.33 bits per heavy atom. The minimum atomic E-state index is -0.0533. The molecule has 0 bridgehead atoms. The van der Waals surface area contributed by atoms with E-state index in [4.69, 9.17) is 4.74 Å². The fraction of sp³-hybridized carbons (Fsp3) is 0.533. The molecule has 3 heteroatoms. The average molecular weight is 249 g/mol. The van der Waals surface area contributed by atoms with Gasteiger partial charge >= 0.3 is 0 Å². The van der Waals surface area contributed by atoms with Crippen LogP contribution < -0.4 is 10.1 Å². The summed E-state index contributed by atoms with van der Waals surface area (Å²) in [6.45, 7) is 6.99. The molecule has 1 aromatic carbocycles. The second-order valence-corrected chi connectivity index (χ2v) is 4.60. The van der Waals surface area contributed by atoms with Crippen LogP contribution in [0.5, 0.6) is 5.75 Å². The van der Waals surface area contributed by atoms with Crippen LogP contribution in [0.1, 0.15) is 42.6 Å². The Kier molecular flexibility index (Phi) is 5.69. The van der Waals surface area contributed by atoms with E-state index >= 15 is 0 Å². The Labute approximate surface area is 110 Å². The van der Waals surface area contributed by atoms with Crippen LogP contribution in [0, 0.1) is 12.8 Å². The molecular formula is C15H23NO2. The highest BCUT2D eigenvalue weighted by atomic mass is 16.5. The number of methoxy groups -OCH3 is 1. The number of carbonyl (C=O) groups excluding carboxylic acids is 1. The number of rotatable bonds is 6. The smallest absolute Gasteiger partial charge is 0.255 e. The Balaban J connectivity index is 2.74. The molecule has 0 aliphatic carbocycles. The summed E-state index contributed by atoms with van der Waals surface area (Å²) in [4.78, 5) is 12.1. The largest absolute Gasteiger partial charge is 0.496 e. The number of hydrogen-bond donors (Lipinski definition) is 1. The van der Waals surface area contributed by atoms with Crippen molar-refractivity contribution in [1.29, 1.82) is 0 Å². The van der Waals surface area contributed by atoms with E-state index in [1.807, 2.05) is 25.1 Å². The molecule has 1 rings (SSSR count). The van der Waals surface area contributed by atoms with E-state index in [9.17, 15) is 4.79 Å². The van der Waals surface area contributed by atoms with Gasteiger partial charge in [-0.15, -0.1) is 0 Å². The van der Waals surface area contributed by atoms with Crippen LogP contribution >= 0.6 is 0 Å². The van der Waals surface area contributed by atoms with E-state index in [0.29, 0.717) is 17.2 Å². The topological polar surface area (TPSA) is 38.3 Å². The second-order valence-electron chi connectivity index (χ2n) is 4.60. The van der Waals surface area contributed by atoms with Gasteiger partial charge in [-0.2, -0.15) is 0 Å². The molecule has 18 heavy (non-hydrogen) atoms. The van der Waals surface area contributed by atoms with E-state index in [-0.39, 0.29) is 5.91 Å². The van der Waals surface area contributed by atoms with Crippen molar-refractivity contribution in [2.75, 3.05) is 13.7 Å². The standard InChI is InChI=1S/C15H23NO2/c1-5-12(6-2)10-16-15(17)13-9-11(3)7-8-14(13)18-4/h7-9,12H,5-6,10H2,1-4H3,(H,16,17). The van der Waals surface area contributed by atoms with Crippen LogP contribution in [-0.4, -0.2) is 19.6 Å². The molecule has 1 aromatic rings. The molecule has 0 aromatic heterocycles. The lowest BCUT2D eigenvalue weighted by atomic mass is 10.0. The van der Waals surface area contributed by atoms with Gasteiger partial charge in [0.15, 0.2) is 0 Å². The van der Waals surface area contributed by atoms with Gasteiger partial charge in [0.1, 0.15) is 5.75 Å². The van der Waals surface area contributed by atoms with E-state index in [1.54, 1.807) is 7.11 Å². The third-order valence-corrected chi connectivity index (χ3v) is 3.31. The van der Waals surface area contributed by atoms with Crippen molar-refractivity contribution >= 4 is 5.91 Å². The Morgan fingerprint density at radius 2 is 2.00 bits per heavy atom. The zero-order chi connectivity index (χ0) is 13.5. The fourth-order valence-corrected chi connectivity index (χ4v) is 1.91. The minimum Gasteiger partial charge on any atom is -0.496 e. The van der Waals surface area contributed by atoms with Gasteiger partial charge < -0.3 is 10.1 Å². The molecule has 0 aliphatic rings. The maximum absolute atomic E-state index is 12.1. The number of aryl methyl sites for hydroxylation is 1. The molecule has 0 fully saturated rings. The molecule has 0 spiro atoms. The van der Waals surface area contributed by atoms with Crippen molar-refractivity contribution in [3.8, 4) is 5.75 Å². The maximum Gasteiger partial charge on any atom is 0.255 e. The van der Waals surface area contributed by atoms with Crippen LogP contribution in [0.15, 0.2) is 18.2 Å². The van der Waals surface area contributed by atoms with E-state index in [2.05, 4.69) is 19.2 Å². The third-order valence-electron chi connectivity index (χ3n) is 3.31. The summed E-state index contributed by atoms with van der Waals surface area (Å²) in [5.41, 5.74) is 1.67. The molecule has 100 valence electrons. The zero-order valence-corrected chi connectivity index (χ0v) is 11.7. The first kappa shape index (κ1) is 14.6. The van der Waals surface area contributed by atoms with Gasteiger partial charge in [-0.1, -0.05) is 38.3 Å². The molecule has 3 nitrogen and oxygen atoms in total. The Morgan fingerprint density at radius 3 is 2.56 bits per heavy atom.